The van der Waals surface area contributed by atoms with E-state index in [0.29, 0.717) is 12.0 Å². The lowest BCUT2D eigenvalue weighted by atomic mass is 9.93. The quantitative estimate of drug-likeness (QED) is 0.799. The van der Waals surface area contributed by atoms with Gasteiger partial charge in [-0.2, -0.15) is 5.10 Å². The lowest BCUT2D eigenvalue weighted by molar-refractivity contribution is 0.0622. The average Bonchev–Trinajstić information content (AvgIpc) is 3.08. The van der Waals surface area contributed by atoms with Crippen LogP contribution in [0.3, 0.4) is 0 Å². The molecule has 1 aromatic carbocycles. The van der Waals surface area contributed by atoms with Gasteiger partial charge in [0.05, 0.1) is 17.3 Å². The molecule has 1 N–H and O–H groups in total. The Morgan fingerprint density at radius 3 is 2.75 bits per heavy atom. The van der Waals surface area contributed by atoms with Crippen LogP contribution in [0, 0.1) is 5.92 Å². The first-order chi connectivity index (χ1) is 11.8. The molecular formula is C18H21N5O. The Kier molecular flexibility index (Phi) is 4.13. The molecule has 24 heavy (non-hydrogen) atoms. The van der Waals surface area contributed by atoms with E-state index in [4.69, 9.17) is 4.74 Å². The number of aromatic nitrogens is 4. The van der Waals surface area contributed by atoms with E-state index in [-0.39, 0.29) is 0 Å². The Bertz CT molecular complexity index is 811. The van der Waals surface area contributed by atoms with Crippen LogP contribution in [0.2, 0.25) is 0 Å². The van der Waals surface area contributed by atoms with Gasteiger partial charge in [0, 0.05) is 19.3 Å². The molecule has 1 atom stereocenters. The Balaban J connectivity index is 1.63. The summed E-state index contributed by atoms with van der Waals surface area (Å²) in [6, 6.07) is 10.4. The van der Waals surface area contributed by atoms with Gasteiger partial charge in [0.15, 0.2) is 5.65 Å². The summed E-state index contributed by atoms with van der Waals surface area (Å²) in [5.74, 6) is 1.45. The first-order valence-corrected chi connectivity index (χ1v) is 8.41. The zero-order valence-corrected chi connectivity index (χ0v) is 13.7. The third kappa shape index (κ3) is 2.85. The van der Waals surface area contributed by atoms with Crippen LogP contribution in [-0.4, -0.2) is 39.0 Å². The molecular weight excluding hydrogens is 302 g/mol. The van der Waals surface area contributed by atoms with E-state index in [9.17, 15) is 0 Å². The van der Waals surface area contributed by atoms with Crippen LogP contribution in [-0.2, 0) is 4.74 Å². The second-order valence-corrected chi connectivity index (χ2v) is 6.23. The van der Waals surface area contributed by atoms with Gasteiger partial charge in [-0.25, -0.2) is 14.6 Å². The van der Waals surface area contributed by atoms with Gasteiger partial charge in [-0.3, -0.25) is 0 Å². The summed E-state index contributed by atoms with van der Waals surface area (Å²) in [6.07, 6.45) is 5.61. The van der Waals surface area contributed by atoms with Crippen molar-refractivity contribution >= 4 is 16.9 Å². The molecule has 1 aliphatic rings. The minimum absolute atomic E-state index is 0.340. The predicted octanol–water partition coefficient (Wildman–Crippen LogP) is 3.04. The maximum absolute atomic E-state index is 5.46. The van der Waals surface area contributed by atoms with Crippen LogP contribution in [0.15, 0.2) is 42.9 Å². The van der Waals surface area contributed by atoms with Crippen molar-refractivity contribution in [2.45, 2.75) is 25.8 Å². The summed E-state index contributed by atoms with van der Waals surface area (Å²) in [5.41, 5.74) is 1.81. The third-order valence-electron chi connectivity index (χ3n) is 4.70. The van der Waals surface area contributed by atoms with Crippen LogP contribution < -0.4 is 5.32 Å². The first kappa shape index (κ1) is 15.1. The van der Waals surface area contributed by atoms with Crippen molar-refractivity contribution in [3.8, 4) is 5.69 Å². The van der Waals surface area contributed by atoms with Crippen LogP contribution >= 0.6 is 0 Å². The van der Waals surface area contributed by atoms with Gasteiger partial charge in [-0.05, 0) is 37.8 Å². The third-order valence-corrected chi connectivity index (χ3v) is 4.70. The molecule has 1 aliphatic heterocycles. The van der Waals surface area contributed by atoms with Crippen molar-refractivity contribution in [1.29, 1.82) is 0 Å². The number of fused-ring (bicyclic) bond motifs is 1. The molecule has 4 rings (SSSR count). The fourth-order valence-corrected chi connectivity index (χ4v) is 3.27. The fourth-order valence-electron chi connectivity index (χ4n) is 3.27. The van der Waals surface area contributed by atoms with Crippen molar-refractivity contribution < 1.29 is 4.74 Å². The summed E-state index contributed by atoms with van der Waals surface area (Å²) in [6.45, 7) is 3.91. The molecule has 3 aromatic rings. The van der Waals surface area contributed by atoms with E-state index in [1.54, 1.807) is 6.33 Å². The number of hydrogen-bond acceptors (Lipinski definition) is 5. The van der Waals surface area contributed by atoms with Gasteiger partial charge < -0.3 is 10.1 Å². The zero-order valence-electron chi connectivity index (χ0n) is 13.7. The van der Waals surface area contributed by atoms with Gasteiger partial charge in [0.2, 0.25) is 0 Å². The second kappa shape index (κ2) is 6.57. The fraction of sp³-hybridized carbons (Fsp3) is 0.389. The topological polar surface area (TPSA) is 64.9 Å². The number of nitrogens with zero attached hydrogens (tertiary/aromatic N) is 4. The highest BCUT2D eigenvalue weighted by atomic mass is 16.5. The molecule has 1 saturated heterocycles. The van der Waals surface area contributed by atoms with Crippen LogP contribution in [0.4, 0.5) is 5.82 Å². The van der Waals surface area contributed by atoms with Gasteiger partial charge in [0.1, 0.15) is 12.1 Å². The number of benzene rings is 1. The monoisotopic (exact) mass is 323 g/mol. The van der Waals surface area contributed by atoms with Gasteiger partial charge in [-0.1, -0.05) is 18.2 Å². The largest absolute Gasteiger partial charge is 0.381 e. The second-order valence-electron chi connectivity index (χ2n) is 6.23. The maximum Gasteiger partial charge on any atom is 0.168 e. The van der Waals surface area contributed by atoms with E-state index in [0.717, 1.165) is 48.6 Å². The molecule has 6 nitrogen and oxygen atoms in total. The molecule has 0 bridgehead atoms. The number of rotatable bonds is 4. The van der Waals surface area contributed by atoms with Gasteiger partial charge in [0.25, 0.3) is 0 Å². The molecule has 6 heteroatoms. The molecule has 0 radical (unpaired) electrons. The number of para-hydroxylation sites is 1. The molecule has 3 heterocycles. The van der Waals surface area contributed by atoms with Crippen molar-refractivity contribution in [3.05, 3.63) is 42.9 Å². The average molecular weight is 323 g/mol. The van der Waals surface area contributed by atoms with Gasteiger partial charge >= 0.3 is 0 Å². The number of nitrogens with one attached hydrogen (secondary N) is 1. The van der Waals surface area contributed by atoms with Crippen molar-refractivity contribution in [2.24, 2.45) is 5.92 Å². The molecule has 1 fully saturated rings. The highest BCUT2D eigenvalue weighted by Crippen LogP contribution is 2.25. The highest BCUT2D eigenvalue weighted by molar-refractivity contribution is 5.87. The first-order valence-electron chi connectivity index (χ1n) is 8.41. The molecule has 124 valence electrons. The molecule has 0 spiro atoms. The lowest BCUT2D eigenvalue weighted by Gasteiger charge is -2.28. The van der Waals surface area contributed by atoms with E-state index >= 15 is 0 Å². The Morgan fingerprint density at radius 1 is 1.17 bits per heavy atom. The van der Waals surface area contributed by atoms with E-state index in [1.807, 2.05) is 41.2 Å². The number of ether oxygens (including phenoxy) is 1. The molecule has 0 saturated carbocycles. The molecule has 1 unspecified atom stereocenters. The summed E-state index contributed by atoms with van der Waals surface area (Å²) >= 11 is 0. The van der Waals surface area contributed by atoms with Crippen LogP contribution in [0.25, 0.3) is 16.7 Å². The van der Waals surface area contributed by atoms with Crippen molar-refractivity contribution in [1.82, 2.24) is 19.7 Å². The van der Waals surface area contributed by atoms with E-state index in [2.05, 4.69) is 27.3 Å². The summed E-state index contributed by atoms with van der Waals surface area (Å²) < 4.78 is 7.30. The number of hydrogen-bond donors (Lipinski definition) is 1. The van der Waals surface area contributed by atoms with Crippen LogP contribution in [0.1, 0.15) is 19.8 Å². The summed E-state index contributed by atoms with van der Waals surface area (Å²) in [4.78, 5) is 8.87. The predicted molar refractivity (Wildman–Crippen MR) is 93.3 cm³/mol. The summed E-state index contributed by atoms with van der Waals surface area (Å²) in [7, 11) is 0. The Morgan fingerprint density at radius 2 is 1.96 bits per heavy atom. The molecule has 0 amide bonds. The van der Waals surface area contributed by atoms with Crippen molar-refractivity contribution in [3.63, 3.8) is 0 Å². The summed E-state index contributed by atoms with van der Waals surface area (Å²) in [5, 5.41) is 9.00. The minimum Gasteiger partial charge on any atom is -0.381 e. The molecule has 0 aliphatic carbocycles. The highest BCUT2D eigenvalue weighted by Gasteiger charge is 2.22. The van der Waals surface area contributed by atoms with E-state index in [1.165, 1.54) is 0 Å². The zero-order chi connectivity index (χ0) is 16.4. The molecule has 2 aromatic heterocycles. The van der Waals surface area contributed by atoms with Crippen molar-refractivity contribution in [2.75, 3.05) is 18.5 Å². The normalized spacial score (nSPS) is 17.0. The smallest absolute Gasteiger partial charge is 0.168 e. The lowest BCUT2D eigenvalue weighted by Crippen LogP contribution is -2.31. The Hall–Kier alpha value is -2.47. The van der Waals surface area contributed by atoms with Crippen LogP contribution in [0.5, 0.6) is 0 Å². The van der Waals surface area contributed by atoms with E-state index < -0.39 is 0 Å². The minimum atomic E-state index is 0.340. The maximum atomic E-state index is 5.46. The standard InChI is InChI=1S/C18H21N5O/c1-13(14-7-9-24-10-8-14)22-17-16-11-21-23(18(16)20-12-19-17)15-5-3-2-4-6-15/h2-6,11-14H,7-10H2,1H3,(H,19,20,22). The number of anilines is 1. The van der Waals surface area contributed by atoms with Gasteiger partial charge in [-0.15, -0.1) is 0 Å². The Labute approximate surface area is 140 Å². The SMILES string of the molecule is CC(Nc1ncnc2c1cnn2-c1ccccc1)C1CCOCC1.